The van der Waals surface area contributed by atoms with Crippen molar-refractivity contribution in [1.82, 2.24) is 5.32 Å². The zero-order valence-electron chi connectivity index (χ0n) is 10.2. The van der Waals surface area contributed by atoms with Crippen LogP contribution in [0.4, 0.5) is 0 Å². The summed E-state index contributed by atoms with van der Waals surface area (Å²) in [6.07, 6.45) is 6.54. The van der Waals surface area contributed by atoms with Gasteiger partial charge < -0.3 is 5.32 Å². The Morgan fingerprint density at radius 1 is 1.19 bits per heavy atom. The maximum absolute atomic E-state index is 3.49. The first kappa shape index (κ1) is 10.3. The quantitative estimate of drug-likeness (QED) is 0.759. The summed E-state index contributed by atoms with van der Waals surface area (Å²) in [5.41, 5.74) is 5.35. The van der Waals surface area contributed by atoms with Crippen molar-refractivity contribution in [1.29, 1.82) is 0 Å². The van der Waals surface area contributed by atoms with E-state index in [1.165, 1.54) is 50.8 Å². The number of piperidine rings is 1. The second kappa shape index (κ2) is 3.89. The van der Waals surface area contributed by atoms with Crippen molar-refractivity contribution in [3.05, 3.63) is 34.9 Å². The highest BCUT2D eigenvalue weighted by Crippen LogP contribution is 2.45. The molecular formula is C15H21N. The van der Waals surface area contributed by atoms with Crippen LogP contribution < -0.4 is 5.32 Å². The Bertz CT molecular complexity index is 388. The van der Waals surface area contributed by atoms with Gasteiger partial charge in [0.15, 0.2) is 0 Å². The first-order valence-corrected chi connectivity index (χ1v) is 6.67. The Morgan fingerprint density at radius 3 is 2.75 bits per heavy atom. The van der Waals surface area contributed by atoms with Gasteiger partial charge >= 0.3 is 0 Å². The first-order valence-electron chi connectivity index (χ1n) is 6.67. The topological polar surface area (TPSA) is 12.0 Å². The fraction of sp³-hybridized carbons (Fsp3) is 0.600. The predicted molar refractivity (Wildman–Crippen MR) is 67.9 cm³/mol. The molecule has 0 saturated carbocycles. The van der Waals surface area contributed by atoms with Gasteiger partial charge in [0.1, 0.15) is 0 Å². The molecule has 1 aromatic carbocycles. The van der Waals surface area contributed by atoms with Crippen molar-refractivity contribution in [2.75, 3.05) is 13.1 Å². The molecule has 1 heteroatoms. The van der Waals surface area contributed by atoms with Crippen LogP contribution in [0.15, 0.2) is 18.2 Å². The standard InChI is InChI=1S/C15H21N/c1-2-12-3-4-14-13(11-12)5-6-15(14)7-9-16-10-8-15/h3-4,11,16H,2,5-10H2,1H3. The molecule has 0 unspecified atom stereocenters. The molecule has 1 aliphatic carbocycles. The van der Waals surface area contributed by atoms with Crippen LogP contribution in [-0.2, 0) is 18.3 Å². The molecule has 3 rings (SSSR count). The molecular weight excluding hydrogens is 194 g/mol. The largest absolute Gasteiger partial charge is 0.317 e. The van der Waals surface area contributed by atoms with Crippen LogP contribution in [0.3, 0.4) is 0 Å². The van der Waals surface area contributed by atoms with E-state index in [0.29, 0.717) is 5.41 Å². The van der Waals surface area contributed by atoms with Gasteiger partial charge in [-0.1, -0.05) is 25.1 Å². The molecule has 16 heavy (non-hydrogen) atoms. The van der Waals surface area contributed by atoms with Gasteiger partial charge in [-0.3, -0.25) is 0 Å². The molecule has 1 saturated heterocycles. The third-order valence-electron chi connectivity index (χ3n) is 4.58. The van der Waals surface area contributed by atoms with E-state index in [4.69, 9.17) is 0 Å². The summed E-state index contributed by atoms with van der Waals surface area (Å²) in [4.78, 5) is 0. The summed E-state index contributed by atoms with van der Waals surface area (Å²) in [6.45, 7) is 4.65. The molecule has 86 valence electrons. The number of benzene rings is 1. The lowest BCUT2D eigenvalue weighted by Gasteiger charge is -2.35. The lowest BCUT2D eigenvalue weighted by atomic mass is 9.74. The molecule has 0 amide bonds. The second-order valence-electron chi connectivity index (χ2n) is 5.38. The Kier molecular flexibility index (Phi) is 2.51. The summed E-state index contributed by atoms with van der Waals surface area (Å²) in [7, 11) is 0. The van der Waals surface area contributed by atoms with Crippen LogP contribution >= 0.6 is 0 Å². The molecule has 2 aliphatic rings. The number of aryl methyl sites for hydroxylation is 2. The van der Waals surface area contributed by atoms with Crippen molar-refractivity contribution in [3.63, 3.8) is 0 Å². The van der Waals surface area contributed by atoms with Crippen LogP contribution in [-0.4, -0.2) is 13.1 Å². The van der Waals surface area contributed by atoms with Crippen molar-refractivity contribution in [2.45, 2.75) is 44.4 Å². The molecule has 0 bridgehead atoms. The van der Waals surface area contributed by atoms with Crippen molar-refractivity contribution in [2.24, 2.45) is 0 Å². The SMILES string of the molecule is CCc1ccc2c(c1)CCC21CCNCC1. The smallest absolute Gasteiger partial charge is 0.00170 e. The molecule has 0 radical (unpaired) electrons. The molecule has 1 N–H and O–H groups in total. The monoisotopic (exact) mass is 215 g/mol. The maximum Gasteiger partial charge on any atom is -0.00170 e. The van der Waals surface area contributed by atoms with E-state index in [9.17, 15) is 0 Å². The summed E-state index contributed by atoms with van der Waals surface area (Å²) in [6, 6.07) is 7.21. The third kappa shape index (κ3) is 1.49. The van der Waals surface area contributed by atoms with Crippen LogP contribution in [0, 0.1) is 0 Å². The third-order valence-corrected chi connectivity index (χ3v) is 4.58. The van der Waals surface area contributed by atoms with E-state index in [1.54, 1.807) is 11.1 Å². The van der Waals surface area contributed by atoms with E-state index in [0.717, 1.165) is 0 Å². The molecule has 1 heterocycles. The van der Waals surface area contributed by atoms with Crippen LogP contribution in [0.25, 0.3) is 0 Å². The Labute approximate surface area is 98.3 Å². The van der Waals surface area contributed by atoms with E-state index in [1.807, 2.05) is 0 Å². The van der Waals surface area contributed by atoms with Crippen LogP contribution in [0.2, 0.25) is 0 Å². The van der Waals surface area contributed by atoms with Crippen molar-refractivity contribution < 1.29 is 0 Å². The van der Waals surface area contributed by atoms with Crippen LogP contribution in [0.5, 0.6) is 0 Å². The van der Waals surface area contributed by atoms with Crippen LogP contribution in [0.1, 0.15) is 42.9 Å². The minimum Gasteiger partial charge on any atom is -0.317 e. The second-order valence-corrected chi connectivity index (χ2v) is 5.38. The number of nitrogens with one attached hydrogen (secondary N) is 1. The van der Waals surface area contributed by atoms with Gasteiger partial charge in [-0.05, 0) is 67.3 Å². The zero-order chi connectivity index (χ0) is 11.0. The fourth-order valence-corrected chi connectivity index (χ4v) is 3.52. The summed E-state index contributed by atoms with van der Waals surface area (Å²) >= 11 is 0. The minimum atomic E-state index is 0.535. The Balaban J connectivity index is 1.98. The lowest BCUT2D eigenvalue weighted by Crippen LogP contribution is -2.38. The summed E-state index contributed by atoms with van der Waals surface area (Å²) in [5, 5.41) is 3.49. The molecule has 1 aliphatic heterocycles. The van der Waals surface area contributed by atoms with Gasteiger partial charge in [0.25, 0.3) is 0 Å². The Hall–Kier alpha value is -0.820. The van der Waals surface area contributed by atoms with Gasteiger partial charge in [0, 0.05) is 0 Å². The van der Waals surface area contributed by atoms with Crippen molar-refractivity contribution in [3.8, 4) is 0 Å². The number of hydrogen-bond donors (Lipinski definition) is 1. The predicted octanol–water partition coefficient (Wildman–Crippen LogP) is 2.82. The molecule has 1 fully saturated rings. The first-order chi connectivity index (χ1) is 7.84. The van der Waals surface area contributed by atoms with Crippen molar-refractivity contribution >= 4 is 0 Å². The maximum atomic E-state index is 3.49. The average molecular weight is 215 g/mol. The molecule has 1 spiro atoms. The molecule has 1 aromatic rings. The van der Waals surface area contributed by atoms with E-state index >= 15 is 0 Å². The minimum absolute atomic E-state index is 0.535. The van der Waals surface area contributed by atoms with Gasteiger partial charge in [0.2, 0.25) is 0 Å². The molecule has 1 nitrogen and oxygen atoms in total. The highest BCUT2D eigenvalue weighted by molar-refractivity contribution is 5.42. The zero-order valence-corrected chi connectivity index (χ0v) is 10.2. The average Bonchev–Trinajstić information content (AvgIpc) is 2.69. The highest BCUT2D eigenvalue weighted by Gasteiger charge is 2.39. The highest BCUT2D eigenvalue weighted by atomic mass is 14.9. The number of rotatable bonds is 1. The van der Waals surface area contributed by atoms with Gasteiger partial charge in [0.05, 0.1) is 0 Å². The fourth-order valence-electron chi connectivity index (χ4n) is 3.52. The van der Waals surface area contributed by atoms with E-state index < -0.39 is 0 Å². The summed E-state index contributed by atoms with van der Waals surface area (Å²) < 4.78 is 0. The molecule has 0 aromatic heterocycles. The lowest BCUT2D eigenvalue weighted by molar-refractivity contribution is 0.306. The number of hydrogen-bond acceptors (Lipinski definition) is 1. The summed E-state index contributed by atoms with van der Waals surface area (Å²) in [5.74, 6) is 0. The Morgan fingerprint density at radius 2 is 2.00 bits per heavy atom. The van der Waals surface area contributed by atoms with Gasteiger partial charge in [-0.15, -0.1) is 0 Å². The van der Waals surface area contributed by atoms with Gasteiger partial charge in [-0.2, -0.15) is 0 Å². The molecule has 0 atom stereocenters. The number of fused-ring (bicyclic) bond motifs is 2. The van der Waals surface area contributed by atoms with Gasteiger partial charge in [-0.25, -0.2) is 0 Å². The van der Waals surface area contributed by atoms with E-state index in [-0.39, 0.29) is 0 Å². The van der Waals surface area contributed by atoms with E-state index in [2.05, 4.69) is 30.4 Å². The normalized spacial score (nSPS) is 22.3.